The van der Waals surface area contributed by atoms with Crippen molar-refractivity contribution >= 4 is 11.4 Å². The number of rotatable bonds is 6. The fourth-order valence-corrected chi connectivity index (χ4v) is 10.2. The van der Waals surface area contributed by atoms with Gasteiger partial charge in [0.25, 0.3) is 0 Å². The molecule has 10 heteroatoms. The zero-order chi connectivity index (χ0) is 43.7. The first-order valence-corrected chi connectivity index (χ1v) is 21.6. The summed E-state index contributed by atoms with van der Waals surface area (Å²) in [5.74, 6) is 0. The van der Waals surface area contributed by atoms with Crippen molar-refractivity contribution in [3.63, 3.8) is 0 Å². The van der Waals surface area contributed by atoms with Crippen LogP contribution in [0.1, 0.15) is 67.0 Å². The van der Waals surface area contributed by atoms with Crippen LogP contribution >= 0.6 is 0 Å². The van der Waals surface area contributed by atoms with Crippen LogP contribution in [0.2, 0.25) is 0 Å². The Hall–Kier alpha value is -6.20. The number of fused-ring (bicyclic) bond motifs is 6. The smallest absolute Gasteiger partial charge is 0.0644 e. The van der Waals surface area contributed by atoms with E-state index in [-0.39, 0.29) is 42.1 Å². The second-order valence-corrected chi connectivity index (χ2v) is 17.4. The number of aromatic nitrogens is 4. The summed E-state index contributed by atoms with van der Waals surface area (Å²) in [6, 6.07) is 51.3. The maximum atomic E-state index is 4.63. The van der Waals surface area contributed by atoms with E-state index in [0.29, 0.717) is 0 Å². The van der Waals surface area contributed by atoms with Gasteiger partial charge in [0.15, 0.2) is 0 Å². The number of hydrogen-bond acceptors (Lipinski definition) is 6. The Morgan fingerprint density at radius 3 is 1.09 bits per heavy atom. The van der Waals surface area contributed by atoms with Gasteiger partial charge in [0, 0.05) is 53.5 Å². The topological polar surface area (TPSA) is 66.9 Å². The monoisotopic (exact) mass is 1220 g/mol. The third-order valence-electron chi connectivity index (χ3n) is 13.1. The number of nitrogens with zero attached hydrogens (tertiary/aromatic N) is 8. The zero-order valence-corrected chi connectivity index (χ0v) is 41.9. The van der Waals surface area contributed by atoms with Crippen molar-refractivity contribution in [2.45, 2.75) is 38.5 Å². The van der Waals surface area contributed by atoms with E-state index in [1.54, 1.807) is 12.4 Å². The molecule has 0 unspecified atom stereocenters. The van der Waals surface area contributed by atoms with E-state index < -0.39 is 10.8 Å². The molecule has 2 aliphatic carbocycles. The van der Waals surface area contributed by atoms with Gasteiger partial charge in [-0.15, -0.1) is 22.5 Å². The molecular formula is C56H46N8Pt2-6. The molecule has 0 spiro atoms. The minimum atomic E-state index is -0.565. The third-order valence-corrected chi connectivity index (χ3v) is 13.1. The molecule has 8 aromatic rings. The Bertz CT molecular complexity index is 2820. The summed E-state index contributed by atoms with van der Waals surface area (Å²) in [4.78, 5) is 8.26. The van der Waals surface area contributed by atoms with Gasteiger partial charge in [0.05, 0.1) is 10.8 Å². The van der Waals surface area contributed by atoms with Crippen LogP contribution < -0.4 is 20.0 Å². The summed E-state index contributed by atoms with van der Waals surface area (Å²) in [5.41, 5.74) is 19.7. The van der Waals surface area contributed by atoms with Crippen LogP contribution in [0.5, 0.6) is 0 Å². The van der Waals surface area contributed by atoms with Crippen molar-refractivity contribution in [2.75, 3.05) is 23.9 Å². The molecule has 336 valence electrons. The Labute approximate surface area is 416 Å². The van der Waals surface area contributed by atoms with Gasteiger partial charge in [0.2, 0.25) is 0 Å². The predicted molar refractivity (Wildman–Crippen MR) is 254 cm³/mol. The normalized spacial score (nSPS) is 15.4. The molecule has 2 aliphatic heterocycles. The Balaban J connectivity index is 0.000000161. The van der Waals surface area contributed by atoms with Gasteiger partial charge < -0.3 is 40.0 Å². The fourth-order valence-electron chi connectivity index (χ4n) is 10.2. The van der Waals surface area contributed by atoms with Gasteiger partial charge in [0.1, 0.15) is 0 Å². The standard InChI is InChI=1S/2C28H23N4.2Pt/c2*1-19-7-9-23-24-10-8-20(2)16-26(24)28(25(23)15-19,27-11-12-29-30-27)21-5-4-6-22(17-21)32-14-13-31(3)18-32;;/h2*4-16,18H,1-3H3;;/q2*-3;;. The molecule has 0 amide bonds. The van der Waals surface area contributed by atoms with Crippen LogP contribution in [-0.2, 0) is 53.0 Å². The molecular weight excluding hydrogens is 1170 g/mol. The van der Waals surface area contributed by atoms with Gasteiger partial charge in [-0.2, -0.15) is 74.3 Å². The van der Waals surface area contributed by atoms with E-state index in [1.165, 1.54) is 66.8 Å². The summed E-state index contributed by atoms with van der Waals surface area (Å²) in [7, 11) is 4.05. The minimum Gasteiger partial charge on any atom is -0.581 e. The summed E-state index contributed by atoms with van der Waals surface area (Å²) in [6.07, 6.45) is 11.7. The van der Waals surface area contributed by atoms with Crippen LogP contribution in [0.25, 0.3) is 22.3 Å². The van der Waals surface area contributed by atoms with Crippen LogP contribution in [0.3, 0.4) is 0 Å². The van der Waals surface area contributed by atoms with Gasteiger partial charge in [-0.3, -0.25) is 0 Å². The van der Waals surface area contributed by atoms with E-state index in [1.807, 2.05) is 48.4 Å². The fraction of sp³-hybridized carbons (Fsp3) is 0.143. The first-order chi connectivity index (χ1) is 31.1. The van der Waals surface area contributed by atoms with Gasteiger partial charge in [-0.25, -0.2) is 0 Å². The van der Waals surface area contributed by atoms with Crippen molar-refractivity contribution in [2.24, 2.45) is 0 Å². The summed E-state index contributed by atoms with van der Waals surface area (Å²) in [5, 5.41) is 17.7. The van der Waals surface area contributed by atoms with E-state index in [4.69, 9.17) is 0 Å². The molecule has 12 rings (SSSR count). The van der Waals surface area contributed by atoms with Crippen LogP contribution in [0, 0.1) is 53.2 Å². The molecule has 6 aromatic carbocycles. The third kappa shape index (κ3) is 7.12. The summed E-state index contributed by atoms with van der Waals surface area (Å²) in [6.45, 7) is 12.7. The average molecular weight is 1220 g/mol. The largest absolute Gasteiger partial charge is 0.581 e. The van der Waals surface area contributed by atoms with E-state index >= 15 is 0 Å². The molecule has 0 atom stereocenters. The molecule has 0 fully saturated rings. The molecule has 2 aromatic heterocycles. The van der Waals surface area contributed by atoms with Crippen LogP contribution in [0.4, 0.5) is 11.4 Å². The van der Waals surface area contributed by atoms with Crippen molar-refractivity contribution in [1.29, 1.82) is 0 Å². The molecule has 0 N–H and O–H groups in total. The van der Waals surface area contributed by atoms with Gasteiger partial charge in [-0.05, 0) is 111 Å². The van der Waals surface area contributed by atoms with E-state index in [0.717, 1.165) is 33.9 Å². The summed E-state index contributed by atoms with van der Waals surface area (Å²) >= 11 is 0. The molecule has 0 saturated heterocycles. The van der Waals surface area contributed by atoms with Crippen molar-refractivity contribution in [3.8, 4) is 22.3 Å². The molecule has 0 radical (unpaired) electrons. The number of hydrogen-bond donors (Lipinski definition) is 0. The first-order valence-electron chi connectivity index (χ1n) is 21.6. The van der Waals surface area contributed by atoms with E-state index in [9.17, 15) is 0 Å². The molecule has 0 saturated carbocycles. The average Bonchev–Trinajstić information content (AvgIpc) is 4.17. The number of aryl methyl sites for hydroxylation is 4. The van der Waals surface area contributed by atoms with Gasteiger partial charge in [-0.1, -0.05) is 107 Å². The number of anilines is 2. The second-order valence-electron chi connectivity index (χ2n) is 17.4. The molecule has 66 heavy (non-hydrogen) atoms. The predicted octanol–water partition coefficient (Wildman–Crippen LogP) is 10.3. The second kappa shape index (κ2) is 17.5. The van der Waals surface area contributed by atoms with Crippen molar-refractivity contribution in [1.82, 2.24) is 30.2 Å². The maximum absolute atomic E-state index is 4.63. The Morgan fingerprint density at radius 2 is 0.803 bits per heavy atom. The molecule has 8 nitrogen and oxygen atoms in total. The molecule has 0 bridgehead atoms. The zero-order valence-electron chi connectivity index (χ0n) is 37.4. The van der Waals surface area contributed by atoms with Gasteiger partial charge >= 0.3 is 0 Å². The van der Waals surface area contributed by atoms with Crippen molar-refractivity contribution in [3.05, 3.63) is 251 Å². The van der Waals surface area contributed by atoms with E-state index in [2.05, 4.69) is 205 Å². The minimum absolute atomic E-state index is 0. The summed E-state index contributed by atoms with van der Waals surface area (Å²) < 4.78 is 0. The van der Waals surface area contributed by atoms with Crippen molar-refractivity contribution < 1.29 is 42.1 Å². The Morgan fingerprint density at radius 1 is 0.455 bits per heavy atom. The number of benzene rings is 6. The SMILES string of the molecule is Cc1ccc2c(c1)C(c1[c-]c(N3C=CN(C)[CH-]3)ccc1)(c1cc[n-]n1)c1cc(C)ccc1-2.Cc1ccc2c(c1)C(c1[c-]c(N3C=CN(C)[CH-]3)ccc1)(c1cc[n-]n1)c1cc(C)ccc1-2.[Pt].[Pt]. The molecule has 4 aliphatic rings. The van der Waals surface area contributed by atoms with Crippen LogP contribution in [0.15, 0.2) is 159 Å². The van der Waals surface area contributed by atoms with Crippen LogP contribution in [-0.4, -0.2) is 34.1 Å². The maximum Gasteiger partial charge on any atom is 0.0644 e. The Kier molecular flexibility index (Phi) is 12.0. The first kappa shape index (κ1) is 45.0. The molecule has 4 heterocycles. The quantitative estimate of drug-likeness (QED) is 0.153.